The first-order valence-corrected chi connectivity index (χ1v) is 18.3. The van der Waals surface area contributed by atoms with Gasteiger partial charge in [-0.3, -0.25) is 4.79 Å². The molecule has 2 spiro atoms. The van der Waals surface area contributed by atoms with Crippen molar-refractivity contribution in [3.63, 3.8) is 0 Å². The SMILES string of the molecule is COCO[C@H]1CC[C@@H]2[C@]1(C)CC(=O)[C@H]1C=C3[C@@H](O[Si](c4ccccc4)(c4ccccc4)C(C)(C)C)CCC[C@]34CC[C@@]12O4. The van der Waals surface area contributed by atoms with Crippen molar-refractivity contribution in [3.8, 4) is 0 Å². The van der Waals surface area contributed by atoms with Crippen LogP contribution in [-0.4, -0.2) is 51.4 Å². The average Bonchev–Trinajstić information content (AvgIpc) is 3.48. The van der Waals surface area contributed by atoms with Crippen molar-refractivity contribution in [1.82, 2.24) is 0 Å². The van der Waals surface area contributed by atoms with Gasteiger partial charge in [0.2, 0.25) is 0 Å². The Labute approximate surface area is 258 Å². The van der Waals surface area contributed by atoms with Crippen molar-refractivity contribution >= 4 is 24.5 Å². The number of rotatable bonds is 7. The van der Waals surface area contributed by atoms with Crippen LogP contribution in [0.3, 0.4) is 0 Å². The fourth-order valence-electron chi connectivity index (χ4n) is 10.2. The number of methoxy groups -OCH3 is 1. The minimum atomic E-state index is -2.77. The van der Waals surface area contributed by atoms with Crippen LogP contribution in [-0.2, 0) is 23.4 Å². The third-order valence-corrected chi connectivity index (χ3v) is 17.0. The second-order valence-corrected chi connectivity index (χ2v) is 19.4. The Kier molecular flexibility index (Phi) is 7.22. The molecule has 5 aliphatic rings. The Morgan fingerprint density at radius 2 is 1.60 bits per heavy atom. The number of hydrogen-bond acceptors (Lipinski definition) is 5. The van der Waals surface area contributed by atoms with E-state index in [0.717, 1.165) is 44.9 Å². The van der Waals surface area contributed by atoms with E-state index >= 15 is 0 Å². The van der Waals surface area contributed by atoms with E-state index in [2.05, 4.69) is 94.4 Å². The second-order valence-electron chi connectivity index (χ2n) is 15.2. The van der Waals surface area contributed by atoms with Crippen LogP contribution in [0.15, 0.2) is 72.3 Å². The Bertz CT molecular complexity index is 1350. The molecule has 0 amide bonds. The molecule has 6 heteroatoms. The molecule has 4 fully saturated rings. The third-order valence-electron chi connectivity index (χ3n) is 12.0. The molecule has 2 heterocycles. The fourth-order valence-corrected chi connectivity index (χ4v) is 14.9. The van der Waals surface area contributed by atoms with Crippen LogP contribution in [0.25, 0.3) is 0 Å². The number of ketones is 1. The maximum atomic E-state index is 14.2. The van der Waals surface area contributed by atoms with Crippen molar-refractivity contribution in [2.75, 3.05) is 13.9 Å². The lowest BCUT2D eigenvalue weighted by Crippen LogP contribution is -2.69. The van der Waals surface area contributed by atoms with Crippen LogP contribution >= 0.6 is 0 Å². The Hall–Kier alpha value is -2.09. The quantitative estimate of drug-likeness (QED) is 0.211. The van der Waals surface area contributed by atoms with Gasteiger partial charge in [0.25, 0.3) is 8.32 Å². The minimum absolute atomic E-state index is 0.0276. The molecule has 3 aliphatic carbocycles. The third kappa shape index (κ3) is 4.27. The average molecular weight is 601 g/mol. The molecule has 43 heavy (non-hydrogen) atoms. The molecule has 0 N–H and O–H groups in total. The summed E-state index contributed by atoms with van der Waals surface area (Å²) in [7, 11) is -1.10. The monoisotopic (exact) mass is 600 g/mol. The largest absolute Gasteiger partial charge is 0.401 e. The number of carbonyl (C=O) groups excluding carboxylic acids is 1. The van der Waals surface area contributed by atoms with Crippen molar-refractivity contribution in [2.24, 2.45) is 17.3 Å². The Morgan fingerprint density at radius 3 is 2.23 bits per heavy atom. The predicted molar refractivity (Wildman–Crippen MR) is 171 cm³/mol. The van der Waals surface area contributed by atoms with Crippen LogP contribution in [0.1, 0.15) is 79.1 Å². The van der Waals surface area contributed by atoms with Gasteiger partial charge in [-0.2, -0.15) is 0 Å². The summed E-state index contributed by atoms with van der Waals surface area (Å²) in [5.41, 5.74) is 0.266. The van der Waals surface area contributed by atoms with Crippen LogP contribution in [0, 0.1) is 17.3 Å². The van der Waals surface area contributed by atoms with E-state index in [9.17, 15) is 4.79 Å². The topological polar surface area (TPSA) is 54.0 Å². The molecule has 7 rings (SSSR count). The second kappa shape index (κ2) is 10.5. The number of Topliss-reactive ketones (excluding diaryl/α,β-unsaturated/α-hetero) is 1. The number of hydrogen-bond donors (Lipinski definition) is 0. The molecule has 0 unspecified atom stereocenters. The zero-order valence-electron chi connectivity index (χ0n) is 26.6. The maximum absolute atomic E-state index is 14.2. The van der Waals surface area contributed by atoms with E-state index in [1.807, 2.05) is 0 Å². The fraction of sp³-hybridized carbons (Fsp3) is 0.595. The summed E-state index contributed by atoms with van der Waals surface area (Å²) in [5.74, 6) is 0.407. The highest BCUT2D eigenvalue weighted by molar-refractivity contribution is 6.99. The normalized spacial score (nSPS) is 37.0. The molecular formula is C37H48O5Si. The van der Waals surface area contributed by atoms with Crippen molar-refractivity contribution in [3.05, 3.63) is 72.3 Å². The summed E-state index contributed by atoms with van der Waals surface area (Å²) in [5, 5.41) is 2.48. The maximum Gasteiger partial charge on any atom is 0.261 e. The highest BCUT2D eigenvalue weighted by atomic mass is 28.4. The molecule has 3 saturated carbocycles. The minimum Gasteiger partial charge on any atom is -0.401 e. The number of carbonyl (C=O) groups is 1. The van der Waals surface area contributed by atoms with Gasteiger partial charge < -0.3 is 18.6 Å². The van der Waals surface area contributed by atoms with Crippen LogP contribution in [0.4, 0.5) is 0 Å². The van der Waals surface area contributed by atoms with Gasteiger partial charge in [0, 0.05) is 18.9 Å². The number of fused-ring (bicyclic) bond motifs is 1. The molecule has 0 radical (unpaired) electrons. The molecule has 2 aromatic rings. The van der Waals surface area contributed by atoms with E-state index in [-0.39, 0.29) is 41.0 Å². The van der Waals surface area contributed by atoms with Gasteiger partial charge in [0.1, 0.15) is 12.6 Å². The highest BCUT2D eigenvalue weighted by Gasteiger charge is 2.71. The molecule has 230 valence electrons. The van der Waals surface area contributed by atoms with Gasteiger partial charge in [-0.25, -0.2) is 0 Å². The van der Waals surface area contributed by atoms with Crippen LogP contribution < -0.4 is 10.4 Å². The van der Waals surface area contributed by atoms with E-state index in [0.29, 0.717) is 18.1 Å². The molecule has 1 saturated heterocycles. The van der Waals surface area contributed by atoms with E-state index < -0.39 is 13.9 Å². The first-order valence-electron chi connectivity index (χ1n) is 16.4. The molecule has 0 aromatic heterocycles. The summed E-state index contributed by atoms with van der Waals surface area (Å²) < 4.78 is 26.7. The van der Waals surface area contributed by atoms with Crippen molar-refractivity contribution in [1.29, 1.82) is 0 Å². The summed E-state index contributed by atoms with van der Waals surface area (Å²) in [6.45, 7) is 9.58. The summed E-state index contributed by atoms with van der Waals surface area (Å²) in [6.07, 6.45) is 9.82. The Morgan fingerprint density at radius 1 is 0.930 bits per heavy atom. The highest BCUT2D eigenvalue weighted by Crippen LogP contribution is 2.67. The molecule has 5 nitrogen and oxygen atoms in total. The van der Waals surface area contributed by atoms with Crippen LogP contribution in [0.2, 0.25) is 5.04 Å². The zero-order valence-corrected chi connectivity index (χ0v) is 27.6. The van der Waals surface area contributed by atoms with E-state index in [4.69, 9.17) is 18.6 Å². The molecule has 2 bridgehead atoms. The van der Waals surface area contributed by atoms with Crippen LogP contribution in [0.5, 0.6) is 0 Å². The van der Waals surface area contributed by atoms with E-state index in [1.54, 1.807) is 7.11 Å². The summed E-state index contributed by atoms with van der Waals surface area (Å²) in [6, 6.07) is 21.8. The molecule has 2 aliphatic heterocycles. The van der Waals surface area contributed by atoms with Gasteiger partial charge in [-0.1, -0.05) is 94.4 Å². The lowest BCUT2D eigenvalue weighted by Gasteiger charge is -2.57. The van der Waals surface area contributed by atoms with Gasteiger partial charge in [0.15, 0.2) is 0 Å². The molecule has 2 aromatic carbocycles. The first-order chi connectivity index (χ1) is 20.6. The summed E-state index contributed by atoms with van der Waals surface area (Å²) in [4.78, 5) is 14.2. The van der Waals surface area contributed by atoms with Crippen molar-refractivity contribution < 1.29 is 23.4 Å². The van der Waals surface area contributed by atoms with Crippen molar-refractivity contribution in [2.45, 2.75) is 108 Å². The first kappa shape index (κ1) is 29.6. The number of ether oxygens (including phenoxy) is 3. The van der Waals surface area contributed by atoms with Gasteiger partial charge in [-0.15, -0.1) is 0 Å². The number of benzene rings is 2. The Balaban J connectivity index is 1.31. The molecule has 7 atom stereocenters. The van der Waals surface area contributed by atoms with E-state index in [1.165, 1.54) is 15.9 Å². The predicted octanol–water partition coefficient (Wildman–Crippen LogP) is 6.34. The van der Waals surface area contributed by atoms with Gasteiger partial charge in [0.05, 0.1) is 29.3 Å². The summed E-state index contributed by atoms with van der Waals surface area (Å²) >= 11 is 0. The van der Waals surface area contributed by atoms with Gasteiger partial charge in [-0.05, 0) is 71.8 Å². The lowest BCUT2D eigenvalue weighted by atomic mass is 9.55. The molecular weight excluding hydrogens is 552 g/mol. The zero-order chi connectivity index (χ0) is 30.1. The lowest BCUT2D eigenvalue weighted by molar-refractivity contribution is -0.210. The smallest absolute Gasteiger partial charge is 0.261 e. The standard InChI is InChI=1S/C37H48O5Si/c1-34(2,3)43(26-13-8-6-9-14-26,27-15-10-7-11-16-27)41-31-17-12-20-36-21-22-37(42-36)28(23-29(31)36)30(38)24-35(4)32(37)18-19-33(35)40-25-39-5/h6-11,13-16,23,28,31-33H,12,17-22,24-25H2,1-5H3/t28-,31+,32-,33+,35+,36+,37-/m1/s1. The van der Waals surface area contributed by atoms with Gasteiger partial charge >= 0.3 is 0 Å².